The first kappa shape index (κ1) is 17.2. The Morgan fingerprint density at radius 3 is 2.43 bits per heavy atom. The van der Waals surface area contributed by atoms with Crippen molar-refractivity contribution in [3.8, 4) is 11.5 Å². The number of carbonyl (C=O) groups is 1. The fraction of sp³-hybridized carbons (Fsp3) is 0.278. The van der Waals surface area contributed by atoms with Crippen LogP contribution in [0.5, 0.6) is 11.5 Å². The molecule has 0 unspecified atom stereocenters. The zero-order valence-corrected chi connectivity index (χ0v) is 14.6. The van der Waals surface area contributed by atoms with Gasteiger partial charge in [-0.2, -0.15) is 0 Å². The zero-order valence-electron chi connectivity index (χ0n) is 13.8. The van der Waals surface area contributed by atoms with Crippen LogP contribution in [-0.2, 0) is 0 Å². The van der Waals surface area contributed by atoms with Crippen LogP contribution in [0.25, 0.3) is 0 Å². The highest BCUT2D eigenvalue weighted by Crippen LogP contribution is 2.29. The molecule has 0 saturated heterocycles. The van der Waals surface area contributed by atoms with Crippen molar-refractivity contribution in [1.29, 1.82) is 0 Å². The molecule has 2 aromatic carbocycles. The standard InChI is InChI=1S/C18H21NO3S/c1-13(2)21-16-10-5-6-11-17(16)22-18(20)19(4)23-15-9-7-8-14(3)12-15/h5-13H,1-4H3. The largest absolute Gasteiger partial charge is 0.487 e. The molecule has 0 fully saturated rings. The van der Waals surface area contributed by atoms with Crippen LogP contribution in [0.4, 0.5) is 4.79 Å². The number of amides is 1. The summed E-state index contributed by atoms with van der Waals surface area (Å²) in [5.41, 5.74) is 1.15. The molecule has 0 aliphatic rings. The monoisotopic (exact) mass is 331 g/mol. The third-order valence-electron chi connectivity index (χ3n) is 2.90. The summed E-state index contributed by atoms with van der Waals surface area (Å²) in [6, 6.07) is 15.1. The minimum absolute atomic E-state index is 0.00857. The van der Waals surface area contributed by atoms with Crippen molar-refractivity contribution in [3.63, 3.8) is 0 Å². The first-order valence-corrected chi connectivity index (χ1v) is 8.19. The van der Waals surface area contributed by atoms with Crippen LogP contribution in [0.15, 0.2) is 53.4 Å². The Labute approximate surface area is 141 Å². The molecule has 0 aliphatic carbocycles. The Balaban J connectivity index is 2.04. The van der Waals surface area contributed by atoms with Crippen molar-refractivity contribution in [1.82, 2.24) is 4.31 Å². The summed E-state index contributed by atoms with van der Waals surface area (Å²) < 4.78 is 12.6. The average molecular weight is 331 g/mol. The van der Waals surface area contributed by atoms with Crippen LogP contribution in [0.3, 0.4) is 0 Å². The van der Waals surface area contributed by atoms with Gasteiger partial charge in [0, 0.05) is 11.9 Å². The molecule has 0 heterocycles. The Bertz CT molecular complexity index is 673. The third-order valence-corrected chi connectivity index (χ3v) is 3.79. The van der Waals surface area contributed by atoms with Crippen molar-refractivity contribution in [3.05, 3.63) is 54.1 Å². The second-order valence-electron chi connectivity index (χ2n) is 5.39. The lowest BCUT2D eigenvalue weighted by atomic mass is 10.2. The predicted octanol–water partition coefficient (Wildman–Crippen LogP) is 4.92. The van der Waals surface area contributed by atoms with Gasteiger partial charge in [0.25, 0.3) is 0 Å². The number of carbonyl (C=O) groups excluding carboxylic acids is 1. The van der Waals surface area contributed by atoms with Crippen molar-refractivity contribution >= 4 is 18.0 Å². The first-order valence-electron chi connectivity index (χ1n) is 7.41. The normalized spacial score (nSPS) is 10.5. The summed E-state index contributed by atoms with van der Waals surface area (Å²) in [6.07, 6.45) is -0.439. The van der Waals surface area contributed by atoms with Gasteiger partial charge in [-0.25, -0.2) is 9.10 Å². The number of benzene rings is 2. The number of hydrogen-bond donors (Lipinski definition) is 0. The fourth-order valence-corrected chi connectivity index (χ4v) is 2.72. The summed E-state index contributed by atoms with van der Waals surface area (Å²) >= 11 is 1.32. The lowest BCUT2D eigenvalue weighted by Gasteiger charge is -2.18. The van der Waals surface area contributed by atoms with Crippen molar-refractivity contribution in [2.75, 3.05) is 7.05 Å². The van der Waals surface area contributed by atoms with E-state index in [0.29, 0.717) is 11.5 Å². The predicted molar refractivity (Wildman–Crippen MR) is 93.0 cm³/mol. The van der Waals surface area contributed by atoms with Gasteiger partial charge in [-0.05, 0) is 62.5 Å². The second-order valence-corrected chi connectivity index (χ2v) is 6.59. The third kappa shape index (κ3) is 5.21. The molecule has 0 saturated carbocycles. The minimum atomic E-state index is -0.448. The second kappa shape index (κ2) is 7.92. The Kier molecular flexibility index (Phi) is 5.93. The molecule has 23 heavy (non-hydrogen) atoms. The molecule has 0 radical (unpaired) electrons. The van der Waals surface area contributed by atoms with E-state index in [-0.39, 0.29) is 6.10 Å². The van der Waals surface area contributed by atoms with Crippen LogP contribution in [0, 0.1) is 6.92 Å². The van der Waals surface area contributed by atoms with Crippen molar-refractivity contribution in [2.45, 2.75) is 31.8 Å². The smallest absolute Gasteiger partial charge is 0.425 e. The van der Waals surface area contributed by atoms with Crippen molar-refractivity contribution in [2.24, 2.45) is 0 Å². The number of hydrogen-bond acceptors (Lipinski definition) is 4. The lowest BCUT2D eigenvalue weighted by Crippen LogP contribution is -2.23. The molecule has 0 atom stereocenters. The van der Waals surface area contributed by atoms with E-state index in [4.69, 9.17) is 9.47 Å². The fourth-order valence-electron chi connectivity index (χ4n) is 1.91. The Morgan fingerprint density at radius 1 is 1.09 bits per heavy atom. The number of nitrogens with zero attached hydrogens (tertiary/aromatic N) is 1. The summed E-state index contributed by atoms with van der Waals surface area (Å²) in [5, 5.41) is 0. The molecule has 2 rings (SSSR count). The van der Waals surface area contributed by atoms with Gasteiger partial charge in [0.15, 0.2) is 11.5 Å². The SMILES string of the molecule is Cc1cccc(SN(C)C(=O)Oc2ccccc2OC(C)C)c1. The van der Waals surface area contributed by atoms with Gasteiger partial charge < -0.3 is 9.47 Å². The molecular weight excluding hydrogens is 310 g/mol. The lowest BCUT2D eigenvalue weighted by molar-refractivity contribution is 0.180. The quantitative estimate of drug-likeness (QED) is 0.729. The number of aryl methyl sites for hydroxylation is 1. The van der Waals surface area contributed by atoms with E-state index >= 15 is 0 Å². The number of ether oxygens (including phenoxy) is 2. The van der Waals surface area contributed by atoms with Crippen molar-refractivity contribution < 1.29 is 14.3 Å². The van der Waals surface area contributed by atoms with Gasteiger partial charge >= 0.3 is 6.09 Å². The van der Waals surface area contributed by atoms with E-state index in [1.54, 1.807) is 19.2 Å². The summed E-state index contributed by atoms with van der Waals surface area (Å²) in [6.45, 7) is 5.87. The highest BCUT2D eigenvalue weighted by atomic mass is 32.2. The number of para-hydroxylation sites is 2. The summed E-state index contributed by atoms with van der Waals surface area (Å²) in [7, 11) is 1.68. The van der Waals surface area contributed by atoms with Gasteiger partial charge in [0.05, 0.1) is 6.10 Å². The maximum absolute atomic E-state index is 12.3. The average Bonchev–Trinajstić information content (AvgIpc) is 2.48. The highest BCUT2D eigenvalue weighted by Gasteiger charge is 2.16. The maximum Gasteiger partial charge on any atom is 0.425 e. The molecule has 5 heteroatoms. The molecule has 1 amide bonds. The van der Waals surface area contributed by atoms with Gasteiger partial charge in [-0.15, -0.1) is 0 Å². The van der Waals surface area contributed by atoms with Crippen LogP contribution in [-0.4, -0.2) is 23.6 Å². The molecule has 122 valence electrons. The zero-order chi connectivity index (χ0) is 16.8. The summed E-state index contributed by atoms with van der Waals surface area (Å²) in [5.74, 6) is 0.979. The van der Waals surface area contributed by atoms with E-state index in [2.05, 4.69) is 0 Å². The molecule has 0 bridgehead atoms. The topological polar surface area (TPSA) is 38.8 Å². The Hall–Kier alpha value is -2.14. The Morgan fingerprint density at radius 2 is 1.78 bits per heavy atom. The molecule has 0 aromatic heterocycles. The van der Waals surface area contributed by atoms with Gasteiger partial charge in [0.2, 0.25) is 0 Å². The first-order chi connectivity index (χ1) is 11.0. The van der Waals surface area contributed by atoms with Gasteiger partial charge in [0.1, 0.15) is 0 Å². The number of rotatable bonds is 5. The molecule has 2 aromatic rings. The molecular formula is C18H21NO3S. The molecule has 0 aliphatic heterocycles. The molecule has 0 spiro atoms. The van der Waals surface area contributed by atoms with Gasteiger partial charge in [-0.3, -0.25) is 0 Å². The summed E-state index contributed by atoms with van der Waals surface area (Å²) in [4.78, 5) is 13.2. The highest BCUT2D eigenvalue weighted by molar-refractivity contribution is 7.97. The van der Waals surface area contributed by atoms with E-state index in [9.17, 15) is 4.79 Å². The van der Waals surface area contributed by atoms with E-state index in [1.807, 2.05) is 57.2 Å². The van der Waals surface area contributed by atoms with Crippen LogP contribution in [0.1, 0.15) is 19.4 Å². The maximum atomic E-state index is 12.3. The van der Waals surface area contributed by atoms with Crippen LogP contribution >= 0.6 is 11.9 Å². The van der Waals surface area contributed by atoms with Gasteiger partial charge in [-0.1, -0.05) is 24.3 Å². The van der Waals surface area contributed by atoms with E-state index < -0.39 is 6.09 Å². The van der Waals surface area contributed by atoms with E-state index in [0.717, 1.165) is 10.5 Å². The minimum Gasteiger partial charge on any atom is -0.487 e. The molecule has 4 nitrogen and oxygen atoms in total. The van der Waals surface area contributed by atoms with Crippen LogP contribution < -0.4 is 9.47 Å². The molecule has 0 N–H and O–H groups in total. The van der Waals surface area contributed by atoms with Crippen LogP contribution in [0.2, 0.25) is 0 Å². The van der Waals surface area contributed by atoms with E-state index in [1.165, 1.54) is 16.3 Å².